The minimum absolute atomic E-state index is 0.658. The van der Waals surface area contributed by atoms with Gasteiger partial charge in [0.1, 0.15) is 11.4 Å². The predicted molar refractivity (Wildman–Crippen MR) is 86.0 cm³/mol. The van der Waals surface area contributed by atoms with E-state index in [1.165, 1.54) is 11.3 Å². The van der Waals surface area contributed by atoms with Gasteiger partial charge in [0.2, 0.25) is 0 Å². The van der Waals surface area contributed by atoms with Gasteiger partial charge in [0.15, 0.2) is 5.13 Å². The second-order valence-electron chi connectivity index (χ2n) is 4.34. The largest absolute Gasteiger partial charge is 0.494 e. The smallest absolute Gasteiger partial charge is 0.187 e. The number of nitrogen functional groups attached to an aromatic ring is 1. The van der Waals surface area contributed by atoms with E-state index in [1.54, 1.807) is 19.4 Å². The van der Waals surface area contributed by atoms with Crippen molar-refractivity contribution in [3.63, 3.8) is 0 Å². The SMILES string of the molecule is COc1cc(N)ccc1Nc1nc(-c2ccccn2)cs1. The van der Waals surface area contributed by atoms with Crippen molar-refractivity contribution in [1.29, 1.82) is 0 Å². The van der Waals surface area contributed by atoms with Crippen LogP contribution in [0.3, 0.4) is 0 Å². The molecule has 2 aromatic heterocycles. The molecule has 0 aliphatic heterocycles. The van der Waals surface area contributed by atoms with Crippen LogP contribution in [0.15, 0.2) is 48.0 Å². The van der Waals surface area contributed by atoms with Gasteiger partial charge in [-0.1, -0.05) is 6.07 Å². The van der Waals surface area contributed by atoms with Crippen molar-refractivity contribution in [2.24, 2.45) is 0 Å². The number of methoxy groups -OCH3 is 1. The van der Waals surface area contributed by atoms with Gasteiger partial charge >= 0.3 is 0 Å². The summed E-state index contributed by atoms with van der Waals surface area (Å²) >= 11 is 1.51. The first kappa shape index (κ1) is 13.4. The summed E-state index contributed by atoms with van der Waals surface area (Å²) in [5.74, 6) is 0.685. The molecular weight excluding hydrogens is 284 g/mol. The first-order valence-corrected chi connectivity index (χ1v) is 7.21. The molecule has 0 aliphatic rings. The summed E-state index contributed by atoms with van der Waals surface area (Å²) in [4.78, 5) is 8.82. The molecule has 0 spiro atoms. The number of anilines is 3. The number of pyridine rings is 1. The highest BCUT2D eigenvalue weighted by Crippen LogP contribution is 2.32. The monoisotopic (exact) mass is 298 g/mol. The van der Waals surface area contributed by atoms with Crippen LogP contribution >= 0.6 is 11.3 Å². The van der Waals surface area contributed by atoms with Gasteiger partial charge in [-0.2, -0.15) is 0 Å². The molecule has 3 rings (SSSR count). The van der Waals surface area contributed by atoms with Crippen LogP contribution in [0.5, 0.6) is 5.75 Å². The molecule has 3 N–H and O–H groups in total. The summed E-state index contributed by atoms with van der Waals surface area (Å²) in [6.45, 7) is 0. The lowest BCUT2D eigenvalue weighted by molar-refractivity contribution is 0.417. The van der Waals surface area contributed by atoms with Crippen LogP contribution < -0.4 is 15.8 Å². The van der Waals surface area contributed by atoms with E-state index in [4.69, 9.17) is 10.5 Å². The van der Waals surface area contributed by atoms with E-state index in [9.17, 15) is 0 Å². The Morgan fingerprint density at radius 1 is 1.19 bits per heavy atom. The fraction of sp³-hybridized carbons (Fsp3) is 0.0667. The Morgan fingerprint density at radius 3 is 2.86 bits per heavy atom. The molecule has 0 atom stereocenters. The predicted octanol–water partition coefficient (Wildman–Crippen LogP) is 3.54. The van der Waals surface area contributed by atoms with Crippen molar-refractivity contribution in [3.8, 4) is 17.1 Å². The minimum atomic E-state index is 0.658. The number of thiazole rings is 1. The Labute approximate surface area is 126 Å². The van der Waals surface area contributed by atoms with E-state index < -0.39 is 0 Å². The lowest BCUT2D eigenvalue weighted by Crippen LogP contribution is -1.96. The summed E-state index contributed by atoms with van der Waals surface area (Å²) < 4.78 is 5.31. The number of ether oxygens (including phenoxy) is 1. The maximum Gasteiger partial charge on any atom is 0.187 e. The number of benzene rings is 1. The number of nitrogens with zero attached hydrogens (tertiary/aromatic N) is 2. The number of hydrogen-bond acceptors (Lipinski definition) is 6. The highest BCUT2D eigenvalue weighted by Gasteiger charge is 2.08. The standard InChI is InChI=1S/C15H14N4OS/c1-20-14-8-10(16)5-6-12(14)18-15-19-13(9-21-15)11-4-2-3-7-17-11/h2-9H,16H2,1H3,(H,18,19). The van der Waals surface area contributed by atoms with Crippen molar-refractivity contribution in [2.45, 2.75) is 0 Å². The van der Waals surface area contributed by atoms with Gasteiger partial charge in [0.05, 0.1) is 18.5 Å². The molecule has 0 aliphatic carbocycles. The average molecular weight is 298 g/mol. The fourth-order valence-corrected chi connectivity index (χ4v) is 2.61. The molecule has 3 aromatic rings. The molecule has 0 saturated heterocycles. The molecule has 0 amide bonds. The maximum atomic E-state index is 5.75. The molecule has 0 radical (unpaired) electrons. The maximum absolute atomic E-state index is 5.75. The van der Waals surface area contributed by atoms with Crippen LogP contribution in [-0.4, -0.2) is 17.1 Å². The fourth-order valence-electron chi connectivity index (χ4n) is 1.89. The Hall–Kier alpha value is -2.60. The Balaban J connectivity index is 1.85. The Bertz CT molecular complexity index is 742. The summed E-state index contributed by atoms with van der Waals surface area (Å²) in [7, 11) is 1.61. The van der Waals surface area contributed by atoms with Crippen molar-refractivity contribution in [3.05, 3.63) is 48.0 Å². The first-order valence-electron chi connectivity index (χ1n) is 6.34. The lowest BCUT2D eigenvalue weighted by atomic mass is 10.2. The normalized spacial score (nSPS) is 10.3. The van der Waals surface area contributed by atoms with Crippen molar-refractivity contribution < 1.29 is 4.74 Å². The third-order valence-electron chi connectivity index (χ3n) is 2.90. The molecule has 21 heavy (non-hydrogen) atoms. The van der Waals surface area contributed by atoms with Crippen LogP contribution in [-0.2, 0) is 0 Å². The third kappa shape index (κ3) is 2.95. The van der Waals surface area contributed by atoms with Gasteiger partial charge in [0, 0.05) is 23.3 Å². The van der Waals surface area contributed by atoms with Crippen molar-refractivity contribution in [2.75, 3.05) is 18.2 Å². The summed E-state index contributed by atoms with van der Waals surface area (Å²) in [6, 6.07) is 11.2. The van der Waals surface area contributed by atoms with E-state index in [0.29, 0.717) is 11.4 Å². The number of aromatic nitrogens is 2. The molecule has 6 heteroatoms. The molecule has 106 valence electrons. The van der Waals surface area contributed by atoms with Gasteiger partial charge < -0.3 is 15.8 Å². The molecule has 2 heterocycles. The highest BCUT2D eigenvalue weighted by molar-refractivity contribution is 7.14. The van der Waals surface area contributed by atoms with E-state index >= 15 is 0 Å². The average Bonchev–Trinajstić information content (AvgIpc) is 2.98. The topological polar surface area (TPSA) is 73.1 Å². The summed E-state index contributed by atoms with van der Waals surface area (Å²) in [6.07, 6.45) is 1.75. The zero-order valence-corrected chi connectivity index (χ0v) is 12.2. The Kier molecular flexibility index (Phi) is 3.70. The molecule has 1 aromatic carbocycles. The van der Waals surface area contributed by atoms with Crippen LogP contribution in [0.25, 0.3) is 11.4 Å². The second-order valence-corrected chi connectivity index (χ2v) is 5.20. The van der Waals surface area contributed by atoms with Gasteiger partial charge in [-0.3, -0.25) is 4.98 Å². The molecular formula is C15H14N4OS. The minimum Gasteiger partial charge on any atom is -0.494 e. The number of nitrogens with one attached hydrogen (secondary N) is 1. The first-order chi connectivity index (χ1) is 10.3. The van der Waals surface area contributed by atoms with Crippen molar-refractivity contribution >= 4 is 27.8 Å². The zero-order valence-electron chi connectivity index (χ0n) is 11.4. The van der Waals surface area contributed by atoms with Crippen molar-refractivity contribution in [1.82, 2.24) is 9.97 Å². The summed E-state index contributed by atoms with van der Waals surface area (Å²) in [5.41, 5.74) is 8.93. The lowest BCUT2D eigenvalue weighted by Gasteiger charge is -2.09. The summed E-state index contributed by atoms with van der Waals surface area (Å²) in [5, 5.41) is 5.98. The van der Waals surface area contributed by atoms with Gasteiger partial charge in [-0.25, -0.2) is 4.98 Å². The van der Waals surface area contributed by atoms with Crippen LogP contribution in [0, 0.1) is 0 Å². The van der Waals surface area contributed by atoms with E-state index in [1.807, 2.05) is 35.7 Å². The van der Waals surface area contributed by atoms with Crippen LogP contribution in [0.1, 0.15) is 0 Å². The quantitative estimate of drug-likeness (QED) is 0.721. The van der Waals surface area contributed by atoms with Gasteiger partial charge in [-0.05, 0) is 24.3 Å². The molecule has 0 saturated carbocycles. The highest BCUT2D eigenvalue weighted by atomic mass is 32.1. The third-order valence-corrected chi connectivity index (χ3v) is 3.66. The van der Waals surface area contributed by atoms with E-state index in [-0.39, 0.29) is 0 Å². The zero-order chi connectivity index (χ0) is 14.7. The molecule has 0 bridgehead atoms. The van der Waals surface area contributed by atoms with E-state index in [0.717, 1.165) is 22.2 Å². The van der Waals surface area contributed by atoms with E-state index in [2.05, 4.69) is 15.3 Å². The number of rotatable bonds is 4. The van der Waals surface area contributed by atoms with Crippen LogP contribution in [0.2, 0.25) is 0 Å². The second kappa shape index (κ2) is 5.80. The molecule has 5 nitrogen and oxygen atoms in total. The van der Waals surface area contributed by atoms with Gasteiger partial charge in [0.25, 0.3) is 0 Å². The molecule has 0 unspecified atom stereocenters. The number of hydrogen-bond donors (Lipinski definition) is 2. The number of nitrogens with two attached hydrogens (primary N) is 1. The molecule has 0 fully saturated rings. The Morgan fingerprint density at radius 2 is 2.10 bits per heavy atom. The van der Waals surface area contributed by atoms with Gasteiger partial charge in [-0.15, -0.1) is 11.3 Å². The van der Waals surface area contributed by atoms with Crippen LogP contribution in [0.4, 0.5) is 16.5 Å².